The molecule has 0 aliphatic heterocycles. The van der Waals surface area contributed by atoms with Crippen molar-refractivity contribution >= 4 is 23.3 Å². The van der Waals surface area contributed by atoms with Crippen LogP contribution in [-0.4, -0.2) is 21.0 Å². The number of aromatic carboxylic acids is 1. The van der Waals surface area contributed by atoms with Crippen molar-refractivity contribution in [3.8, 4) is 11.3 Å². The number of hydrogen-bond acceptors (Lipinski definition) is 4. The van der Waals surface area contributed by atoms with Crippen molar-refractivity contribution in [2.75, 3.05) is 5.73 Å². The number of halogens is 3. The number of carboxylic acids is 1. The van der Waals surface area contributed by atoms with Crippen LogP contribution in [0.4, 0.5) is 14.5 Å². The van der Waals surface area contributed by atoms with Gasteiger partial charge in [0.25, 0.3) is 0 Å². The first-order valence-corrected chi connectivity index (χ1v) is 5.72. The summed E-state index contributed by atoms with van der Waals surface area (Å²) in [6.45, 7) is 1.55. The molecule has 2 aromatic heterocycles. The number of nitrogens with two attached hydrogens (primary N) is 1. The lowest BCUT2D eigenvalue weighted by molar-refractivity contribution is 0.0691. The maximum absolute atomic E-state index is 14.0. The maximum Gasteiger partial charge on any atom is 0.356 e. The summed E-state index contributed by atoms with van der Waals surface area (Å²) >= 11 is 5.60. The molecule has 0 saturated carbocycles. The fourth-order valence-electron chi connectivity index (χ4n) is 1.58. The molecule has 0 amide bonds. The number of pyridine rings is 2. The summed E-state index contributed by atoms with van der Waals surface area (Å²) in [6, 6.07) is 2.67. The van der Waals surface area contributed by atoms with Crippen molar-refractivity contribution in [2.24, 2.45) is 0 Å². The number of carboxylic acid groups (broad SMARTS) is 1. The highest BCUT2D eigenvalue weighted by molar-refractivity contribution is 6.35. The van der Waals surface area contributed by atoms with E-state index in [2.05, 4.69) is 9.97 Å². The van der Waals surface area contributed by atoms with Crippen LogP contribution in [0.3, 0.4) is 0 Å². The fourth-order valence-corrected chi connectivity index (χ4v) is 1.79. The van der Waals surface area contributed by atoms with Crippen LogP contribution in [0.15, 0.2) is 12.1 Å². The van der Waals surface area contributed by atoms with Gasteiger partial charge < -0.3 is 10.8 Å². The van der Waals surface area contributed by atoms with Crippen LogP contribution in [-0.2, 0) is 0 Å². The number of nitrogen functional groups attached to an aromatic ring is 1. The third-order valence-electron chi connectivity index (χ3n) is 2.56. The second kappa shape index (κ2) is 5.01. The zero-order chi connectivity index (χ0) is 15.0. The van der Waals surface area contributed by atoms with E-state index in [0.717, 1.165) is 0 Å². The van der Waals surface area contributed by atoms with Crippen molar-refractivity contribution in [2.45, 2.75) is 6.92 Å². The minimum atomic E-state index is -1.50. The van der Waals surface area contributed by atoms with E-state index in [0.29, 0.717) is 5.69 Å². The molecule has 2 aromatic rings. The molecule has 8 heteroatoms. The number of rotatable bonds is 2. The first kappa shape index (κ1) is 14.1. The molecule has 0 fully saturated rings. The van der Waals surface area contributed by atoms with E-state index in [4.69, 9.17) is 22.4 Å². The van der Waals surface area contributed by atoms with Gasteiger partial charge in [0, 0.05) is 5.69 Å². The topological polar surface area (TPSA) is 89.1 Å². The Balaban J connectivity index is 2.77. The lowest BCUT2D eigenvalue weighted by atomic mass is 10.1. The van der Waals surface area contributed by atoms with Crippen molar-refractivity contribution in [1.82, 2.24) is 9.97 Å². The van der Waals surface area contributed by atoms with Gasteiger partial charge in [-0.25, -0.2) is 19.2 Å². The van der Waals surface area contributed by atoms with Crippen LogP contribution in [0.1, 0.15) is 16.2 Å². The summed E-state index contributed by atoms with van der Waals surface area (Å²) in [5.74, 6) is -3.57. The number of hydrogen-bond donors (Lipinski definition) is 2. The van der Waals surface area contributed by atoms with E-state index in [9.17, 15) is 13.6 Å². The van der Waals surface area contributed by atoms with E-state index in [1.165, 1.54) is 12.1 Å². The lowest BCUT2D eigenvalue weighted by Crippen LogP contribution is -2.09. The zero-order valence-electron chi connectivity index (χ0n) is 10.1. The van der Waals surface area contributed by atoms with Crippen LogP contribution >= 0.6 is 11.6 Å². The summed E-state index contributed by atoms with van der Waals surface area (Å²) in [4.78, 5) is 18.0. The molecule has 0 unspecified atom stereocenters. The van der Waals surface area contributed by atoms with E-state index < -0.39 is 39.8 Å². The number of nitrogens with zero attached hydrogens (tertiary/aromatic N) is 2. The normalized spacial score (nSPS) is 10.6. The van der Waals surface area contributed by atoms with Gasteiger partial charge in [0.1, 0.15) is 5.69 Å². The molecule has 0 radical (unpaired) electrons. The quantitative estimate of drug-likeness (QED) is 0.832. The molecule has 0 spiro atoms. The van der Waals surface area contributed by atoms with Crippen molar-refractivity contribution in [1.29, 1.82) is 0 Å². The molecule has 0 aromatic carbocycles. The van der Waals surface area contributed by atoms with Crippen LogP contribution < -0.4 is 5.73 Å². The Morgan fingerprint density at radius 1 is 1.35 bits per heavy atom. The van der Waals surface area contributed by atoms with Crippen molar-refractivity contribution in [3.63, 3.8) is 0 Å². The summed E-state index contributed by atoms with van der Waals surface area (Å²) in [7, 11) is 0. The molecule has 104 valence electrons. The van der Waals surface area contributed by atoms with Gasteiger partial charge >= 0.3 is 5.97 Å². The highest BCUT2D eigenvalue weighted by Gasteiger charge is 2.23. The Morgan fingerprint density at radius 2 is 2.00 bits per heavy atom. The van der Waals surface area contributed by atoms with E-state index in [1.807, 2.05) is 0 Å². The highest BCUT2D eigenvalue weighted by Crippen LogP contribution is 2.32. The molecule has 2 rings (SSSR count). The molecule has 3 N–H and O–H groups in total. The van der Waals surface area contributed by atoms with Gasteiger partial charge in [0.2, 0.25) is 5.95 Å². The van der Waals surface area contributed by atoms with E-state index >= 15 is 0 Å². The maximum atomic E-state index is 14.0. The number of aromatic nitrogens is 2. The smallest absolute Gasteiger partial charge is 0.356 e. The second-order valence-electron chi connectivity index (χ2n) is 3.95. The van der Waals surface area contributed by atoms with Crippen molar-refractivity contribution < 1.29 is 18.7 Å². The second-order valence-corrected chi connectivity index (χ2v) is 4.32. The first-order valence-electron chi connectivity index (χ1n) is 5.34. The van der Waals surface area contributed by atoms with E-state index in [-0.39, 0.29) is 5.56 Å². The third-order valence-corrected chi connectivity index (χ3v) is 2.94. The SMILES string of the molecule is Cc1ccc(-c2nc(C(=O)O)c(Cl)c(N)c2F)c(F)n1. The zero-order valence-corrected chi connectivity index (χ0v) is 10.9. The van der Waals surface area contributed by atoms with Gasteiger partial charge in [-0.1, -0.05) is 11.6 Å². The van der Waals surface area contributed by atoms with Gasteiger partial charge in [-0.05, 0) is 19.1 Å². The van der Waals surface area contributed by atoms with Gasteiger partial charge in [-0.2, -0.15) is 4.39 Å². The lowest BCUT2D eigenvalue weighted by Gasteiger charge is -2.09. The molecule has 0 bridgehead atoms. The first-order chi connectivity index (χ1) is 9.32. The summed E-state index contributed by atoms with van der Waals surface area (Å²) in [5.41, 5.74) is 3.67. The van der Waals surface area contributed by atoms with Gasteiger partial charge in [0.05, 0.1) is 16.3 Å². The summed E-state index contributed by atoms with van der Waals surface area (Å²) < 4.78 is 27.8. The Labute approximate surface area is 117 Å². The minimum absolute atomic E-state index is 0.293. The summed E-state index contributed by atoms with van der Waals surface area (Å²) in [6.07, 6.45) is 0. The fraction of sp³-hybridized carbons (Fsp3) is 0.0833. The molecule has 0 saturated heterocycles. The Bertz CT molecular complexity index is 722. The molecule has 0 aliphatic carbocycles. The minimum Gasteiger partial charge on any atom is -0.476 e. The van der Waals surface area contributed by atoms with Crippen LogP contribution in [0.2, 0.25) is 5.02 Å². The number of carbonyl (C=O) groups is 1. The van der Waals surface area contributed by atoms with Crippen LogP contribution in [0.5, 0.6) is 0 Å². The van der Waals surface area contributed by atoms with Gasteiger partial charge in [-0.3, -0.25) is 0 Å². The molecular formula is C12H8ClF2N3O2. The Kier molecular flexibility index (Phi) is 3.54. The molecule has 0 aliphatic rings. The predicted octanol–water partition coefficient (Wildman–Crippen LogP) is 2.66. The molecule has 5 nitrogen and oxygen atoms in total. The number of anilines is 1. The molecular weight excluding hydrogens is 292 g/mol. The van der Waals surface area contributed by atoms with E-state index in [1.54, 1.807) is 6.92 Å². The summed E-state index contributed by atoms with van der Waals surface area (Å²) in [5, 5.41) is 8.40. The molecule has 20 heavy (non-hydrogen) atoms. The van der Waals surface area contributed by atoms with Gasteiger partial charge in [0.15, 0.2) is 11.5 Å². The average molecular weight is 300 g/mol. The molecule has 0 atom stereocenters. The highest BCUT2D eigenvalue weighted by atomic mass is 35.5. The largest absolute Gasteiger partial charge is 0.476 e. The average Bonchev–Trinajstić information content (AvgIpc) is 2.37. The molecule has 2 heterocycles. The third kappa shape index (κ3) is 2.27. The van der Waals surface area contributed by atoms with Crippen LogP contribution in [0, 0.1) is 18.7 Å². The predicted molar refractivity (Wildman–Crippen MR) is 68.5 cm³/mol. The van der Waals surface area contributed by atoms with Crippen molar-refractivity contribution in [3.05, 3.63) is 40.3 Å². The van der Waals surface area contributed by atoms with Gasteiger partial charge in [-0.15, -0.1) is 0 Å². The van der Waals surface area contributed by atoms with Crippen LogP contribution in [0.25, 0.3) is 11.3 Å². The standard InChI is InChI=1S/C12H8ClF2N3O2/c1-4-2-3-5(11(15)17-4)9-7(14)8(16)6(13)10(18-9)12(19)20/h2-3H,1H3,(H2,16,18)(H,19,20). The Hall–Kier alpha value is -2.28. The Morgan fingerprint density at radius 3 is 2.55 bits per heavy atom. The monoisotopic (exact) mass is 299 g/mol. The number of aryl methyl sites for hydroxylation is 1.